The molecule has 1 aromatic carbocycles. The van der Waals surface area contributed by atoms with E-state index in [-0.39, 0.29) is 16.7 Å². The number of hydrogen-bond acceptors (Lipinski definition) is 5. The van der Waals surface area contributed by atoms with Gasteiger partial charge in [0, 0.05) is 7.05 Å². The topological polar surface area (TPSA) is 49.8 Å². The second-order valence-electron chi connectivity index (χ2n) is 4.02. The number of hydrogen-bond donors (Lipinski definition) is 1. The molecule has 0 spiro atoms. The molecular weight excluding hydrogens is 318 g/mol. The second kappa shape index (κ2) is 6.03. The Morgan fingerprint density at radius 3 is 2.80 bits per heavy atom. The fourth-order valence-corrected chi connectivity index (χ4v) is 3.04. The Balaban J connectivity index is 2.39. The summed E-state index contributed by atoms with van der Waals surface area (Å²) in [6.07, 6.45) is 1.68. The number of phenolic OH excluding ortho intramolecular Hbond substituents is 1. The third kappa shape index (κ3) is 2.92. The Hall–Kier alpha value is -1.24. The fourth-order valence-electron chi connectivity index (χ4n) is 1.64. The normalized spacial score (nSPS) is 17.1. The molecule has 0 aromatic heterocycles. The maximum absolute atomic E-state index is 11.9. The number of carbonyl (C=O) groups excluding carboxylic acids is 1. The minimum atomic E-state index is -0.151. The first-order valence-corrected chi connectivity index (χ1v) is 7.41. The molecule has 4 nitrogen and oxygen atoms in total. The molecule has 1 aliphatic rings. The van der Waals surface area contributed by atoms with Crippen molar-refractivity contribution in [3.8, 4) is 11.5 Å². The highest BCUT2D eigenvalue weighted by Gasteiger charge is 2.28. The lowest BCUT2D eigenvalue weighted by Crippen LogP contribution is -2.22. The van der Waals surface area contributed by atoms with E-state index >= 15 is 0 Å². The number of rotatable bonds is 3. The van der Waals surface area contributed by atoms with Crippen LogP contribution in [0.4, 0.5) is 0 Å². The number of likely N-dealkylation sites (N-methyl/N-ethyl adjacent to an activating group) is 1. The summed E-state index contributed by atoms with van der Waals surface area (Å²) in [5.74, 6) is 0.0362. The quantitative estimate of drug-likeness (QED) is 0.681. The smallest absolute Gasteiger partial charge is 0.265 e. The minimum Gasteiger partial charge on any atom is -0.503 e. The predicted molar refractivity (Wildman–Crippen MR) is 85.2 cm³/mol. The molecule has 0 atom stereocenters. The fraction of sp³-hybridized carbons (Fsp3) is 0.231. The molecule has 1 aliphatic heterocycles. The second-order valence-corrected chi connectivity index (χ2v) is 6.11. The van der Waals surface area contributed by atoms with E-state index in [4.69, 9.17) is 28.6 Å². The van der Waals surface area contributed by atoms with Crippen molar-refractivity contribution >= 4 is 51.9 Å². The number of nitrogens with zero attached hydrogens (tertiary/aromatic N) is 1. The Labute approximate surface area is 131 Å². The van der Waals surface area contributed by atoms with Crippen molar-refractivity contribution in [2.24, 2.45) is 0 Å². The summed E-state index contributed by atoms with van der Waals surface area (Å²) < 4.78 is 5.81. The maximum Gasteiger partial charge on any atom is 0.265 e. The van der Waals surface area contributed by atoms with Crippen LogP contribution in [0.2, 0.25) is 5.02 Å². The number of amides is 1. The standard InChI is InChI=1S/C13H12ClNO3S2/c1-3-18-9-5-7(4-8(14)11(9)16)6-10-12(17)15(2)13(19)20-10/h4-6,16H,3H2,1-2H3/b10-6+. The lowest BCUT2D eigenvalue weighted by molar-refractivity contribution is -0.121. The van der Waals surface area contributed by atoms with Gasteiger partial charge in [-0.2, -0.15) is 0 Å². The molecule has 106 valence electrons. The zero-order valence-corrected chi connectivity index (χ0v) is 13.2. The van der Waals surface area contributed by atoms with Gasteiger partial charge in [-0.25, -0.2) is 0 Å². The lowest BCUT2D eigenvalue weighted by Gasteiger charge is -2.08. The summed E-state index contributed by atoms with van der Waals surface area (Å²) in [6.45, 7) is 2.21. The first-order valence-electron chi connectivity index (χ1n) is 5.81. The molecule has 1 aromatic rings. The van der Waals surface area contributed by atoms with Crippen LogP contribution in [-0.2, 0) is 4.79 Å². The van der Waals surface area contributed by atoms with Gasteiger partial charge in [0.15, 0.2) is 11.5 Å². The third-order valence-corrected chi connectivity index (χ3v) is 4.41. The van der Waals surface area contributed by atoms with Gasteiger partial charge in [0.2, 0.25) is 0 Å². The first kappa shape index (κ1) is 15.2. The number of carbonyl (C=O) groups is 1. The summed E-state index contributed by atoms with van der Waals surface area (Å²) in [5, 5.41) is 9.95. The average Bonchev–Trinajstić information content (AvgIpc) is 2.63. The van der Waals surface area contributed by atoms with Crippen LogP contribution in [0.5, 0.6) is 11.5 Å². The number of benzene rings is 1. The third-order valence-electron chi connectivity index (χ3n) is 2.63. The number of aromatic hydroxyl groups is 1. The maximum atomic E-state index is 11.9. The van der Waals surface area contributed by atoms with Crippen molar-refractivity contribution in [3.63, 3.8) is 0 Å². The van der Waals surface area contributed by atoms with E-state index in [0.717, 1.165) is 0 Å². The minimum absolute atomic E-state index is 0.103. The molecule has 0 bridgehead atoms. The van der Waals surface area contributed by atoms with Gasteiger partial charge in [0.25, 0.3) is 5.91 Å². The van der Waals surface area contributed by atoms with Gasteiger partial charge in [-0.1, -0.05) is 35.6 Å². The first-order chi connectivity index (χ1) is 9.43. The number of ether oxygens (including phenoxy) is 1. The van der Waals surface area contributed by atoms with Gasteiger partial charge in [0.1, 0.15) is 4.32 Å². The van der Waals surface area contributed by atoms with Crippen LogP contribution >= 0.6 is 35.6 Å². The lowest BCUT2D eigenvalue weighted by atomic mass is 10.2. The van der Waals surface area contributed by atoms with Crippen LogP contribution in [0.25, 0.3) is 6.08 Å². The van der Waals surface area contributed by atoms with E-state index in [1.807, 2.05) is 6.92 Å². The molecule has 0 aliphatic carbocycles. The van der Waals surface area contributed by atoms with E-state index in [1.165, 1.54) is 16.7 Å². The summed E-state index contributed by atoms with van der Waals surface area (Å²) in [4.78, 5) is 13.8. The van der Waals surface area contributed by atoms with Gasteiger partial charge < -0.3 is 9.84 Å². The van der Waals surface area contributed by atoms with Crippen molar-refractivity contribution < 1.29 is 14.6 Å². The molecule has 2 rings (SSSR count). The molecule has 0 radical (unpaired) electrons. The number of phenols is 1. The molecular formula is C13H12ClNO3S2. The van der Waals surface area contributed by atoms with Gasteiger partial charge >= 0.3 is 0 Å². The molecule has 20 heavy (non-hydrogen) atoms. The highest BCUT2D eigenvalue weighted by molar-refractivity contribution is 8.26. The molecule has 1 N–H and O–H groups in total. The van der Waals surface area contributed by atoms with E-state index < -0.39 is 0 Å². The van der Waals surface area contributed by atoms with E-state index in [0.29, 0.717) is 27.1 Å². The SMILES string of the molecule is CCOc1cc(/C=C2/SC(=S)N(C)C2=O)cc(Cl)c1O. The summed E-state index contributed by atoms with van der Waals surface area (Å²) in [7, 11) is 1.63. The van der Waals surface area contributed by atoms with Crippen LogP contribution in [0.15, 0.2) is 17.0 Å². The molecule has 7 heteroatoms. The van der Waals surface area contributed by atoms with Crippen molar-refractivity contribution in [2.75, 3.05) is 13.7 Å². The van der Waals surface area contributed by atoms with Crippen molar-refractivity contribution in [1.82, 2.24) is 4.90 Å². The van der Waals surface area contributed by atoms with Crippen LogP contribution < -0.4 is 4.74 Å². The van der Waals surface area contributed by atoms with Crippen molar-refractivity contribution in [3.05, 3.63) is 27.6 Å². The molecule has 1 heterocycles. The monoisotopic (exact) mass is 329 g/mol. The molecule has 1 amide bonds. The Morgan fingerprint density at radius 2 is 2.25 bits per heavy atom. The molecule has 1 fully saturated rings. The van der Waals surface area contributed by atoms with Crippen LogP contribution in [0.3, 0.4) is 0 Å². The van der Waals surface area contributed by atoms with Gasteiger partial charge in [-0.3, -0.25) is 9.69 Å². The van der Waals surface area contributed by atoms with E-state index in [1.54, 1.807) is 25.3 Å². The molecule has 1 saturated heterocycles. The number of halogens is 1. The van der Waals surface area contributed by atoms with Crippen molar-refractivity contribution in [1.29, 1.82) is 0 Å². The van der Waals surface area contributed by atoms with E-state index in [9.17, 15) is 9.90 Å². The summed E-state index contributed by atoms with van der Waals surface area (Å²) in [6, 6.07) is 3.20. The highest BCUT2D eigenvalue weighted by atomic mass is 35.5. The van der Waals surface area contributed by atoms with E-state index in [2.05, 4.69) is 0 Å². The Bertz CT molecular complexity index is 616. The predicted octanol–water partition coefficient (Wildman–Crippen LogP) is 3.28. The van der Waals surface area contributed by atoms with Crippen LogP contribution in [0, 0.1) is 0 Å². The summed E-state index contributed by atoms with van der Waals surface area (Å²) >= 11 is 12.2. The van der Waals surface area contributed by atoms with Gasteiger partial charge in [0.05, 0.1) is 16.5 Å². The zero-order valence-electron chi connectivity index (χ0n) is 10.8. The average molecular weight is 330 g/mol. The van der Waals surface area contributed by atoms with Crippen LogP contribution in [0.1, 0.15) is 12.5 Å². The van der Waals surface area contributed by atoms with Gasteiger partial charge in [-0.05, 0) is 30.7 Å². The molecule has 0 saturated carbocycles. The van der Waals surface area contributed by atoms with Crippen molar-refractivity contribution in [2.45, 2.75) is 6.92 Å². The van der Waals surface area contributed by atoms with Gasteiger partial charge in [-0.15, -0.1) is 0 Å². The Kier molecular flexibility index (Phi) is 4.57. The largest absolute Gasteiger partial charge is 0.503 e. The van der Waals surface area contributed by atoms with Crippen LogP contribution in [-0.4, -0.2) is 33.9 Å². The highest BCUT2D eigenvalue weighted by Crippen LogP contribution is 2.37. The number of thioether (sulfide) groups is 1. The Morgan fingerprint density at radius 1 is 1.55 bits per heavy atom. The number of thiocarbonyl (C=S) groups is 1. The zero-order chi connectivity index (χ0) is 14.9. The summed E-state index contributed by atoms with van der Waals surface area (Å²) in [5.41, 5.74) is 0.671. The molecule has 0 unspecified atom stereocenters.